The van der Waals surface area contributed by atoms with Crippen LogP contribution >= 0.6 is 11.6 Å². The minimum Gasteiger partial charge on any atom is -0.495 e. The molecule has 7 nitrogen and oxygen atoms in total. The van der Waals surface area contributed by atoms with Crippen LogP contribution in [-0.4, -0.2) is 34.2 Å². The lowest BCUT2D eigenvalue weighted by molar-refractivity contribution is -0.114. The number of benzene rings is 3. The number of halogens is 1. The molecule has 0 fully saturated rings. The van der Waals surface area contributed by atoms with Crippen molar-refractivity contribution in [2.24, 2.45) is 0 Å². The molecule has 1 N–H and O–H groups in total. The molecule has 0 atom stereocenters. The molecule has 0 aromatic heterocycles. The fourth-order valence-corrected chi connectivity index (χ4v) is 3.82. The van der Waals surface area contributed by atoms with Crippen molar-refractivity contribution >= 4 is 38.9 Å². The van der Waals surface area contributed by atoms with Crippen LogP contribution in [0.5, 0.6) is 17.2 Å². The van der Waals surface area contributed by atoms with Gasteiger partial charge in [-0.3, -0.25) is 9.10 Å². The van der Waals surface area contributed by atoms with Gasteiger partial charge in [-0.2, -0.15) is 0 Å². The van der Waals surface area contributed by atoms with E-state index in [2.05, 4.69) is 5.32 Å². The topological polar surface area (TPSA) is 84.9 Å². The van der Waals surface area contributed by atoms with E-state index < -0.39 is 22.5 Å². The van der Waals surface area contributed by atoms with Gasteiger partial charge in [0.05, 0.1) is 19.1 Å². The fourth-order valence-electron chi connectivity index (χ4n) is 2.80. The third-order valence-electron chi connectivity index (χ3n) is 4.21. The normalized spacial score (nSPS) is 10.9. The second kappa shape index (κ2) is 9.72. The van der Waals surface area contributed by atoms with Crippen LogP contribution in [0.15, 0.2) is 72.8 Å². The average Bonchev–Trinajstić information content (AvgIpc) is 2.73. The minimum absolute atomic E-state index is 0.180. The molecule has 3 rings (SSSR count). The Morgan fingerprint density at radius 2 is 1.65 bits per heavy atom. The summed E-state index contributed by atoms with van der Waals surface area (Å²) in [6.45, 7) is -0.447. The summed E-state index contributed by atoms with van der Waals surface area (Å²) in [7, 11) is -2.37. The van der Waals surface area contributed by atoms with Crippen LogP contribution in [0.1, 0.15) is 0 Å². The van der Waals surface area contributed by atoms with Gasteiger partial charge < -0.3 is 14.8 Å². The summed E-state index contributed by atoms with van der Waals surface area (Å²) < 4.78 is 36.6. The predicted octanol–water partition coefficient (Wildman–Crippen LogP) is 4.55. The summed E-state index contributed by atoms with van der Waals surface area (Å²) >= 11 is 6.02. The van der Waals surface area contributed by atoms with E-state index in [9.17, 15) is 13.2 Å². The largest absolute Gasteiger partial charge is 0.495 e. The van der Waals surface area contributed by atoms with Crippen molar-refractivity contribution in [1.82, 2.24) is 0 Å². The lowest BCUT2D eigenvalue weighted by Gasteiger charge is -2.24. The first-order valence-electron chi connectivity index (χ1n) is 9.20. The van der Waals surface area contributed by atoms with Gasteiger partial charge in [-0.25, -0.2) is 8.42 Å². The molecule has 0 bridgehead atoms. The van der Waals surface area contributed by atoms with E-state index in [1.807, 2.05) is 30.3 Å². The molecular formula is C22H21ClN2O5S. The first kappa shape index (κ1) is 22.5. The first-order valence-corrected chi connectivity index (χ1v) is 11.4. The summed E-state index contributed by atoms with van der Waals surface area (Å²) in [6, 6.07) is 20.6. The standard InChI is InChI=1S/C22H21ClN2O5S/c1-29-21-13-8-16(23)14-20(21)25(31(2,27)28)15-22(26)24-17-9-11-19(12-10-17)30-18-6-4-3-5-7-18/h3-14H,15H2,1-2H3,(H,24,26). The summed E-state index contributed by atoms with van der Waals surface area (Å²) in [5.41, 5.74) is 0.677. The van der Waals surface area contributed by atoms with Gasteiger partial charge in [0.25, 0.3) is 0 Å². The number of carbonyl (C=O) groups is 1. The van der Waals surface area contributed by atoms with E-state index in [-0.39, 0.29) is 11.4 Å². The Hall–Kier alpha value is -3.23. The summed E-state index contributed by atoms with van der Waals surface area (Å²) in [5, 5.41) is 3.00. The number of anilines is 2. The Bertz CT molecular complexity index is 1150. The quantitative estimate of drug-likeness (QED) is 0.533. The van der Waals surface area contributed by atoms with Gasteiger partial charge in [0.2, 0.25) is 15.9 Å². The zero-order valence-electron chi connectivity index (χ0n) is 16.9. The highest BCUT2D eigenvalue weighted by atomic mass is 35.5. The number of nitrogens with zero attached hydrogens (tertiary/aromatic N) is 1. The lowest BCUT2D eigenvalue weighted by Crippen LogP contribution is -2.37. The molecule has 0 aliphatic carbocycles. The number of rotatable bonds is 8. The number of sulfonamides is 1. The van der Waals surface area contributed by atoms with Crippen molar-refractivity contribution in [2.75, 3.05) is 29.5 Å². The number of nitrogens with one attached hydrogen (secondary N) is 1. The number of para-hydroxylation sites is 1. The molecule has 3 aromatic rings. The van der Waals surface area contributed by atoms with Crippen molar-refractivity contribution in [3.63, 3.8) is 0 Å². The smallest absolute Gasteiger partial charge is 0.245 e. The van der Waals surface area contributed by atoms with Crippen LogP contribution in [0.2, 0.25) is 5.02 Å². The highest BCUT2D eigenvalue weighted by molar-refractivity contribution is 7.92. The summed E-state index contributed by atoms with van der Waals surface area (Å²) in [5.74, 6) is 1.05. The van der Waals surface area contributed by atoms with Gasteiger partial charge in [-0.05, 0) is 54.6 Å². The molecule has 0 aliphatic heterocycles. The molecule has 162 valence electrons. The SMILES string of the molecule is COc1ccc(Cl)cc1N(CC(=O)Nc1ccc(Oc2ccccc2)cc1)S(C)(=O)=O. The van der Waals surface area contributed by atoms with E-state index >= 15 is 0 Å². The van der Waals surface area contributed by atoms with Gasteiger partial charge in [0, 0.05) is 10.7 Å². The van der Waals surface area contributed by atoms with Crippen molar-refractivity contribution in [1.29, 1.82) is 0 Å². The Morgan fingerprint density at radius 1 is 1.00 bits per heavy atom. The van der Waals surface area contributed by atoms with Crippen LogP contribution in [0, 0.1) is 0 Å². The second-order valence-electron chi connectivity index (χ2n) is 6.57. The maximum atomic E-state index is 12.6. The fraction of sp³-hybridized carbons (Fsp3) is 0.136. The Balaban J connectivity index is 1.72. The van der Waals surface area contributed by atoms with Crippen LogP contribution in [0.3, 0.4) is 0 Å². The number of carbonyl (C=O) groups excluding carboxylic acids is 1. The van der Waals surface area contributed by atoms with Crippen LogP contribution < -0.4 is 19.1 Å². The number of ether oxygens (including phenoxy) is 2. The third kappa shape index (κ3) is 6.13. The molecule has 0 saturated carbocycles. The maximum Gasteiger partial charge on any atom is 0.245 e. The molecule has 0 saturated heterocycles. The van der Waals surface area contributed by atoms with Gasteiger partial charge in [0.15, 0.2) is 0 Å². The molecule has 0 spiro atoms. The Labute approximate surface area is 186 Å². The maximum absolute atomic E-state index is 12.6. The van der Waals surface area contributed by atoms with Gasteiger partial charge >= 0.3 is 0 Å². The predicted molar refractivity (Wildman–Crippen MR) is 122 cm³/mol. The molecule has 0 radical (unpaired) electrons. The number of hydrogen-bond acceptors (Lipinski definition) is 5. The Kier molecular flexibility index (Phi) is 7.04. The van der Waals surface area contributed by atoms with Crippen molar-refractivity contribution in [3.8, 4) is 17.2 Å². The van der Waals surface area contributed by atoms with Gasteiger partial charge in [0.1, 0.15) is 23.8 Å². The van der Waals surface area contributed by atoms with E-state index in [4.69, 9.17) is 21.1 Å². The minimum atomic E-state index is -3.78. The number of amides is 1. The first-order chi connectivity index (χ1) is 14.8. The van der Waals surface area contributed by atoms with Gasteiger partial charge in [-0.15, -0.1) is 0 Å². The monoisotopic (exact) mass is 460 g/mol. The second-order valence-corrected chi connectivity index (χ2v) is 8.92. The van der Waals surface area contributed by atoms with Crippen LogP contribution in [0.25, 0.3) is 0 Å². The Morgan fingerprint density at radius 3 is 2.26 bits per heavy atom. The number of hydrogen-bond donors (Lipinski definition) is 1. The molecule has 9 heteroatoms. The molecule has 0 heterocycles. The molecule has 0 aliphatic rings. The van der Waals surface area contributed by atoms with Crippen LogP contribution in [-0.2, 0) is 14.8 Å². The molecule has 0 unspecified atom stereocenters. The summed E-state index contributed by atoms with van der Waals surface area (Å²) in [6.07, 6.45) is 1.01. The van der Waals surface area contributed by atoms with E-state index in [1.165, 1.54) is 13.2 Å². The van der Waals surface area contributed by atoms with Gasteiger partial charge in [-0.1, -0.05) is 29.8 Å². The summed E-state index contributed by atoms with van der Waals surface area (Å²) in [4.78, 5) is 12.6. The van der Waals surface area contributed by atoms with E-state index in [1.54, 1.807) is 36.4 Å². The lowest BCUT2D eigenvalue weighted by atomic mass is 10.2. The average molecular weight is 461 g/mol. The van der Waals surface area contributed by atoms with Crippen molar-refractivity contribution in [3.05, 3.63) is 77.8 Å². The zero-order chi connectivity index (χ0) is 22.4. The molecule has 31 heavy (non-hydrogen) atoms. The third-order valence-corrected chi connectivity index (χ3v) is 5.58. The molecule has 1 amide bonds. The highest BCUT2D eigenvalue weighted by Crippen LogP contribution is 2.32. The van der Waals surface area contributed by atoms with E-state index in [0.717, 1.165) is 10.6 Å². The van der Waals surface area contributed by atoms with E-state index in [0.29, 0.717) is 22.2 Å². The van der Waals surface area contributed by atoms with Crippen molar-refractivity contribution in [2.45, 2.75) is 0 Å². The molecule has 3 aromatic carbocycles. The van der Waals surface area contributed by atoms with Crippen LogP contribution in [0.4, 0.5) is 11.4 Å². The van der Waals surface area contributed by atoms with Crippen molar-refractivity contribution < 1.29 is 22.7 Å². The highest BCUT2D eigenvalue weighted by Gasteiger charge is 2.24. The molecular weight excluding hydrogens is 440 g/mol. The number of methoxy groups -OCH3 is 1. The zero-order valence-corrected chi connectivity index (χ0v) is 18.5.